The molecule has 0 aliphatic rings. The van der Waals surface area contributed by atoms with Crippen LogP contribution < -0.4 is 5.56 Å². The first-order valence-electron chi connectivity index (χ1n) is 3.54. The monoisotopic (exact) mass is 223 g/mol. The molecule has 1 heterocycles. The highest BCUT2D eigenvalue weighted by atomic mass is 79.9. The predicted octanol–water partition coefficient (Wildman–Crippen LogP) is 2.29. The first-order chi connectivity index (χ1) is 5.75. The fourth-order valence-corrected chi connectivity index (χ4v) is 1.50. The minimum Gasteiger partial charge on any atom is -0.322 e. The highest BCUT2D eigenvalue weighted by molar-refractivity contribution is 9.10. The van der Waals surface area contributed by atoms with Crippen LogP contribution in [0.2, 0.25) is 0 Å². The molecule has 0 bridgehead atoms. The van der Waals surface area contributed by atoms with Crippen LogP contribution in [0.1, 0.15) is 0 Å². The average Bonchev–Trinajstić information content (AvgIpc) is 2.05. The van der Waals surface area contributed by atoms with Gasteiger partial charge in [0, 0.05) is 16.1 Å². The van der Waals surface area contributed by atoms with Crippen LogP contribution >= 0.6 is 15.9 Å². The molecule has 0 aliphatic heterocycles. The van der Waals surface area contributed by atoms with E-state index in [1.54, 1.807) is 6.07 Å². The molecule has 12 heavy (non-hydrogen) atoms. The van der Waals surface area contributed by atoms with E-state index < -0.39 is 0 Å². The van der Waals surface area contributed by atoms with Crippen molar-refractivity contribution in [1.82, 2.24) is 4.98 Å². The number of hydrogen-bond donors (Lipinski definition) is 1. The first-order valence-corrected chi connectivity index (χ1v) is 4.33. The minimum atomic E-state index is -0.0650. The summed E-state index contributed by atoms with van der Waals surface area (Å²) in [7, 11) is 0. The van der Waals surface area contributed by atoms with Gasteiger partial charge in [0.15, 0.2) is 0 Å². The van der Waals surface area contributed by atoms with E-state index in [1.807, 2.05) is 18.2 Å². The van der Waals surface area contributed by atoms with Gasteiger partial charge in [0.2, 0.25) is 5.56 Å². The van der Waals surface area contributed by atoms with Crippen LogP contribution in [-0.4, -0.2) is 4.98 Å². The third kappa shape index (κ3) is 1.28. The molecule has 1 aromatic heterocycles. The lowest BCUT2D eigenvalue weighted by Gasteiger charge is -1.96. The van der Waals surface area contributed by atoms with Gasteiger partial charge in [0.25, 0.3) is 0 Å². The van der Waals surface area contributed by atoms with Crippen LogP contribution in [0.4, 0.5) is 0 Å². The van der Waals surface area contributed by atoms with Gasteiger partial charge in [0.05, 0.1) is 0 Å². The largest absolute Gasteiger partial charge is 0.322 e. The van der Waals surface area contributed by atoms with Crippen molar-refractivity contribution in [3.63, 3.8) is 0 Å². The van der Waals surface area contributed by atoms with Gasteiger partial charge >= 0.3 is 0 Å². The van der Waals surface area contributed by atoms with Gasteiger partial charge in [-0.15, -0.1) is 0 Å². The third-order valence-corrected chi connectivity index (χ3v) is 2.18. The third-order valence-electron chi connectivity index (χ3n) is 1.69. The second-order valence-corrected chi connectivity index (χ2v) is 3.47. The lowest BCUT2D eigenvalue weighted by molar-refractivity contribution is 1.31. The summed E-state index contributed by atoms with van der Waals surface area (Å²) in [5, 5.41) is 1.03. The summed E-state index contributed by atoms with van der Waals surface area (Å²) in [5.41, 5.74) is 0.801. The Balaban J connectivity index is 2.87. The molecule has 0 aliphatic carbocycles. The number of H-pyrrole nitrogens is 1. The molecule has 2 nitrogen and oxygen atoms in total. The molecule has 0 spiro atoms. The van der Waals surface area contributed by atoms with E-state index in [0.717, 1.165) is 15.4 Å². The van der Waals surface area contributed by atoms with Crippen molar-refractivity contribution in [2.24, 2.45) is 0 Å². The van der Waals surface area contributed by atoms with E-state index in [2.05, 4.69) is 20.9 Å². The van der Waals surface area contributed by atoms with Gasteiger partial charge in [-0.25, -0.2) is 0 Å². The highest BCUT2D eigenvalue weighted by Crippen LogP contribution is 2.16. The number of halogens is 1. The summed E-state index contributed by atoms with van der Waals surface area (Å²) in [6.45, 7) is 0. The zero-order valence-electron chi connectivity index (χ0n) is 6.17. The smallest absolute Gasteiger partial charge is 0.248 e. The fourth-order valence-electron chi connectivity index (χ4n) is 1.13. The van der Waals surface area contributed by atoms with Crippen LogP contribution in [0.15, 0.2) is 39.6 Å². The van der Waals surface area contributed by atoms with Crippen molar-refractivity contribution >= 4 is 26.8 Å². The van der Waals surface area contributed by atoms with Gasteiger partial charge < -0.3 is 4.98 Å². The van der Waals surface area contributed by atoms with Gasteiger partial charge in [0.1, 0.15) is 0 Å². The van der Waals surface area contributed by atoms with E-state index in [0.29, 0.717) is 0 Å². The molecule has 3 heteroatoms. The Morgan fingerprint density at radius 3 is 2.83 bits per heavy atom. The Bertz CT molecular complexity index is 475. The minimum absolute atomic E-state index is 0.0650. The molecule has 0 atom stereocenters. The van der Waals surface area contributed by atoms with Crippen molar-refractivity contribution in [3.05, 3.63) is 45.2 Å². The molecular formula is C9H6BrNO. The average molecular weight is 224 g/mol. The molecule has 0 fully saturated rings. The fraction of sp³-hybridized carbons (Fsp3) is 0. The highest BCUT2D eigenvalue weighted by Gasteiger charge is 1.93. The number of aromatic amines is 1. The molecular weight excluding hydrogens is 218 g/mol. The number of pyridine rings is 1. The summed E-state index contributed by atoms with van der Waals surface area (Å²) >= 11 is 3.36. The van der Waals surface area contributed by atoms with Crippen LogP contribution in [-0.2, 0) is 0 Å². The molecule has 0 saturated carbocycles. The Morgan fingerprint density at radius 2 is 2.00 bits per heavy atom. The molecule has 0 radical (unpaired) electrons. The van der Waals surface area contributed by atoms with Crippen molar-refractivity contribution in [3.8, 4) is 0 Å². The Kier molecular flexibility index (Phi) is 1.73. The molecule has 0 unspecified atom stereocenters. The van der Waals surface area contributed by atoms with Crippen molar-refractivity contribution in [2.45, 2.75) is 0 Å². The van der Waals surface area contributed by atoms with E-state index in [4.69, 9.17) is 0 Å². The maximum atomic E-state index is 10.9. The SMILES string of the molecule is O=c1ccc2cc(Br)ccc2[nH]1. The van der Waals surface area contributed by atoms with Crippen LogP contribution in [0.5, 0.6) is 0 Å². The lowest BCUT2D eigenvalue weighted by Crippen LogP contribution is -2.01. The zero-order valence-corrected chi connectivity index (χ0v) is 7.76. The molecule has 0 amide bonds. The van der Waals surface area contributed by atoms with E-state index in [9.17, 15) is 4.79 Å². The van der Waals surface area contributed by atoms with Crippen LogP contribution in [0, 0.1) is 0 Å². The summed E-state index contributed by atoms with van der Waals surface area (Å²) in [4.78, 5) is 13.6. The van der Waals surface area contributed by atoms with Gasteiger partial charge in [-0.05, 0) is 29.7 Å². The first kappa shape index (κ1) is 7.55. The van der Waals surface area contributed by atoms with Crippen molar-refractivity contribution in [1.29, 1.82) is 0 Å². The maximum Gasteiger partial charge on any atom is 0.248 e. The molecule has 2 rings (SSSR count). The van der Waals surface area contributed by atoms with E-state index in [-0.39, 0.29) is 5.56 Å². The molecule has 2 aromatic rings. The standard InChI is InChI=1S/C9H6BrNO/c10-7-2-3-8-6(5-7)1-4-9(12)11-8/h1-5H,(H,11,12). The Labute approximate surface area is 77.4 Å². The van der Waals surface area contributed by atoms with E-state index >= 15 is 0 Å². The van der Waals surface area contributed by atoms with Crippen molar-refractivity contribution in [2.75, 3.05) is 0 Å². The number of benzene rings is 1. The Hall–Kier alpha value is -1.09. The van der Waals surface area contributed by atoms with Gasteiger partial charge in [-0.1, -0.05) is 15.9 Å². The molecule has 60 valence electrons. The summed E-state index contributed by atoms with van der Waals surface area (Å²) < 4.78 is 1.02. The topological polar surface area (TPSA) is 32.9 Å². The predicted molar refractivity (Wildman–Crippen MR) is 52.3 cm³/mol. The number of aromatic nitrogens is 1. The number of fused-ring (bicyclic) bond motifs is 1. The number of nitrogens with one attached hydrogen (secondary N) is 1. The summed E-state index contributed by atoms with van der Waals surface area (Å²) in [6, 6.07) is 9.07. The van der Waals surface area contributed by atoms with E-state index in [1.165, 1.54) is 6.07 Å². The maximum absolute atomic E-state index is 10.9. The lowest BCUT2D eigenvalue weighted by atomic mass is 10.2. The Morgan fingerprint density at radius 1 is 1.17 bits per heavy atom. The quantitative estimate of drug-likeness (QED) is 0.731. The van der Waals surface area contributed by atoms with Crippen molar-refractivity contribution < 1.29 is 0 Å². The molecule has 1 N–H and O–H groups in total. The molecule has 0 saturated heterocycles. The molecule has 1 aromatic carbocycles. The normalized spacial score (nSPS) is 10.4. The second kappa shape index (κ2) is 2.75. The second-order valence-electron chi connectivity index (χ2n) is 2.55. The van der Waals surface area contributed by atoms with Gasteiger partial charge in [-0.3, -0.25) is 4.79 Å². The number of rotatable bonds is 0. The summed E-state index contributed by atoms with van der Waals surface area (Å²) in [5.74, 6) is 0. The van der Waals surface area contributed by atoms with Crippen LogP contribution in [0.25, 0.3) is 10.9 Å². The zero-order chi connectivity index (χ0) is 8.55. The summed E-state index contributed by atoms with van der Waals surface area (Å²) in [6.07, 6.45) is 0. The van der Waals surface area contributed by atoms with Gasteiger partial charge in [-0.2, -0.15) is 0 Å². The number of hydrogen-bond acceptors (Lipinski definition) is 1. The van der Waals surface area contributed by atoms with Crippen LogP contribution in [0.3, 0.4) is 0 Å².